The van der Waals surface area contributed by atoms with E-state index in [1.54, 1.807) is 38.1 Å². The van der Waals surface area contributed by atoms with Gasteiger partial charge in [-0.15, -0.1) is 0 Å². The quantitative estimate of drug-likeness (QED) is 0.160. The Morgan fingerprint density at radius 2 is 1.73 bits per heavy atom. The zero-order valence-corrected chi connectivity index (χ0v) is 24.7. The molecule has 216 valence electrons. The second-order valence-electron chi connectivity index (χ2n) is 10.3. The number of morpholine rings is 1. The molecule has 1 aliphatic heterocycles. The summed E-state index contributed by atoms with van der Waals surface area (Å²) in [5.41, 5.74) is 4.27. The van der Waals surface area contributed by atoms with Gasteiger partial charge in [-0.1, -0.05) is 37.7 Å². The van der Waals surface area contributed by atoms with Gasteiger partial charge >= 0.3 is 0 Å². The number of imidazole rings is 1. The van der Waals surface area contributed by atoms with Crippen molar-refractivity contribution in [3.05, 3.63) is 83.8 Å². The largest absolute Gasteiger partial charge is 0.493 e. The zero-order valence-electron chi connectivity index (χ0n) is 23.9. The monoisotopic (exact) mass is 577 g/mol. The molecule has 0 amide bonds. The molecule has 0 radical (unpaired) electrons. The Bertz CT molecular complexity index is 1450. The number of nitrogens with one attached hydrogen (secondary N) is 1. The molecule has 7 nitrogen and oxygen atoms in total. The number of H-pyrrole nitrogens is 1. The molecule has 0 atom stereocenters. The fraction of sp³-hybridized carbons (Fsp3) is 0.344. The standard InChI is InChI=1S/C32H36FN3O4S/c1-32(2,23-10-13-27(37-3)28(20-23)38-4)30-29(22-8-11-24(33)12-9-22)34-31(35-30)41-19-18-40-26-7-5-6-25(21-26)36-14-16-39-17-15-36/h5-13,20-21H,14-19H2,1-4H3,(H,34,35). The predicted molar refractivity (Wildman–Crippen MR) is 161 cm³/mol. The van der Waals surface area contributed by atoms with Gasteiger partial charge in [0.15, 0.2) is 16.7 Å². The van der Waals surface area contributed by atoms with E-state index in [9.17, 15) is 4.39 Å². The van der Waals surface area contributed by atoms with Crippen LogP contribution in [0.15, 0.2) is 71.9 Å². The molecule has 2 heterocycles. The molecule has 1 N–H and O–H groups in total. The summed E-state index contributed by atoms with van der Waals surface area (Å²) < 4.78 is 36.3. The highest BCUT2D eigenvalue weighted by Gasteiger charge is 2.31. The van der Waals surface area contributed by atoms with Crippen LogP contribution in [0.25, 0.3) is 11.3 Å². The number of hydrogen-bond donors (Lipinski definition) is 1. The summed E-state index contributed by atoms with van der Waals surface area (Å²) in [4.78, 5) is 10.8. The topological polar surface area (TPSA) is 68.8 Å². The fourth-order valence-corrected chi connectivity index (χ4v) is 5.64. The van der Waals surface area contributed by atoms with Gasteiger partial charge < -0.3 is 28.8 Å². The van der Waals surface area contributed by atoms with Gasteiger partial charge in [-0.25, -0.2) is 9.37 Å². The molecule has 4 aromatic rings. The van der Waals surface area contributed by atoms with Gasteiger partial charge in [0.1, 0.15) is 11.6 Å². The maximum absolute atomic E-state index is 13.8. The maximum atomic E-state index is 13.8. The third kappa shape index (κ3) is 6.63. The van der Waals surface area contributed by atoms with E-state index in [0.29, 0.717) is 23.9 Å². The molecule has 0 aliphatic carbocycles. The van der Waals surface area contributed by atoms with Gasteiger partial charge in [0.25, 0.3) is 0 Å². The first-order chi connectivity index (χ1) is 19.9. The fourth-order valence-electron chi connectivity index (χ4n) is 4.95. The highest BCUT2D eigenvalue weighted by molar-refractivity contribution is 7.99. The molecule has 9 heteroatoms. The number of methoxy groups -OCH3 is 2. The average molecular weight is 578 g/mol. The molecule has 1 fully saturated rings. The van der Waals surface area contributed by atoms with E-state index in [2.05, 4.69) is 35.9 Å². The molecule has 3 aromatic carbocycles. The number of nitrogens with zero attached hydrogens (tertiary/aromatic N) is 2. The number of aromatic amines is 1. The average Bonchev–Trinajstić information content (AvgIpc) is 3.45. The Kier molecular flexibility index (Phi) is 9.05. The van der Waals surface area contributed by atoms with Gasteiger partial charge in [0.05, 0.1) is 45.4 Å². The van der Waals surface area contributed by atoms with E-state index >= 15 is 0 Å². The van der Waals surface area contributed by atoms with Crippen molar-refractivity contribution in [2.24, 2.45) is 0 Å². The van der Waals surface area contributed by atoms with Crippen molar-refractivity contribution in [2.45, 2.75) is 24.4 Å². The van der Waals surface area contributed by atoms with E-state index in [4.69, 9.17) is 23.9 Å². The molecule has 0 unspecified atom stereocenters. The molecule has 0 spiro atoms. The Labute approximate surface area is 245 Å². The second-order valence-corrected chi connectivity index (χ2v) is 11.3. The number of halogens is 1. The lowest BCUT2D eigenvalue weighted by molar-refractivity contribution is 0.122. The van der Waals surface area contributed by atoms with Crippen LogP contribution in [0, 0.1) is 5.82 Å². The number of benzene rings is 3. The number of rotatable bonds is 11. The number of anilines is 1. The first-order valence-electron chi connectivity index (χ1n) is 13.7. The van der Waals surface area contributed by atoms with Crippen LogP contribution in [0.1, 0.15) is 25.1 Å². The lowest BCUT2D eigenvalue weighted by atomic mass is 9.79. The van der Waals surface area contributed by atoms with Crippen molar-refractivity contribution in [1.29, 1.82) is 0 Å². The summed E-state index contributed by atoms with van der Waals surface area (Å²) in [7, 11) is 3.25. The first kappa shape index (κ1) is 28.8. The van der Waals surface area contributed by atoms with Crippen molar-refractivity contribution >= 4 is 17.4 Å². The zero-order chi connectivity index (χ0) is 28.8. The number of hydrogen-bond acceptors (Lipinski definition) is 7. The summed E-state index contributed by atoms with van der Waals surface area (Å²) in [6, 6.07) is 20.6. The molecule has 1 aromatic heterocycles. The van der Waals surface area contributed by atoms with Crippen LogP contribution in [-0.4, -0.2) is 62.9 Å². The van der Waals surface area contributed by atoms with Gasteiger partial charge in [0, 0.05) is 41.6 Å². The van der Waals surface area contributed by atoms with E-state index in [0.717, 1.165) is 65.4 Å². The van der Waals surface area contributed by atoms with Gasteiger partial charge in [-0.05, 0) is 54.1 Å². The van der Waals surface area contributed by atoms with E-state index in [1.165, 1.54) is 12.1 Å². The van der Waals surface area contributed by atoms with Crippen molar-refractivity contribution in [3.8, 4) is 28.5 Å². The summed E-state index contributed by atoms with van der Waals surface area (Å²) in [5.74, 6) is 2.59. The van der Waals surface area contributed by atoms with Crippen LogP contribution < -0.4 is 19.1 Å². The minimum absolute atomic E-state index is 0.283. The molecule has 1 saturated heterocycles. The molecule has 5 rings (SSSR count). The lowest BCUT2D eigenvalue weighted by Gasteiger charge is -2.29. The van der Waals surface area contributed by atoms with Gasteiger partial charge in [-0.2, -0.15) is 0 Å². The maximum Gasteiger partial charge on any atom is 0.166 e. The van der Waals surface area contributed by atoms with Crippen LogP contribution in [-0.2, 0) is 10.2 Å². The second kappa shape index (κ2) is 12.9. The molecule has 0 bridgehead atoms. The summed E-state index contributed by atoms with van der Waals surface area (Å²) in [6.45, 7) is 8.05. The van der Waals surface area contributed by atoms with E-state index in [1.807, 2.05) is 30.3 Å². The summed E-state index contributed by atoms with van der Waals surface area (Å²) in [5, 5.41) is 0.776. The third-order valence-electron chi connectivity index (χ3n) is 7.31. The Hall–Kier alpha value is -3.69. The highest BCUT2D eigenvalue weighted by atomic mass is 32.2. The Morgan fingerprint density at radius 3 is 2.46 bits per heavy atom. The Morgan fingerprint density at radius 1 is 0.976 bits per heavy atom. The molecule has 0 saturated carbocycles. The smallest absolute Gasteiger partial charge is 0.166 e. The van der Waals surface area contributed by atoms with Crippen LogP contribution in [0.3, 0.4) is 0 Å². The predicted octanol–water partition coefficient (Wildman–Crippen LogP) is 6.57. The van der Waals surface area contributed by atoms with Crippen molar-refractivity contribution in [3.63, 3.8) is 0 Å². The number of thioether (sulfide) groups is 1. The molecule has 41 heavy (non-hydrogen) atoms. The van der Waals surface area contributed by atoms with Gasteiger partial charge in [0.2, 0.25) is 0 Å². The normalized spacial score (nSPS) is 13.7. The minimum atomic E-state index is -0.467. The van der Waals surface area contributed by atoms with E-state index in [-0.39, 0.29) is 5.82 Å². The first-order valence-corrected chi connectivity index (χ1v) is 14.6. The van der Waals surface area contributed by atoms with Crippen LogP contribution in [0.4, 0.5) is 10.1 Å². The van der Waals surface area contributed by atoms with Crippen LogP contribution in [0.5, 0.6) is 17.2 Å². The van der Waals surface area contributed by atoms with Crippen molar-refractivity contribution in [2.75, 3.05) is 57.8 Å². The van der Waals surface area contributed by atoms with Crippen LogP contribution >= 0.6 is 11.8 Å². The molecule has 1 aliphatic rings. The summed E-state index contributed by atoms with van der Waals surface area (Å²) >= 11 is 1.59. The Balaban J connectivity index is 1.34. The van der Waals surface area contributed by atoms with Crippen molar-refractivity contribution < 1.29 is 23.3 Å². The number of ether oxygens (including phenoxy) is 4. The summed E-state index contributed by atoms with van der Waals surface area (Å²) in [6.07, 6.45) is 0. The van der Waals surface area contributed by atoms with E-state index < -0.39 is 5.41 Å². The molecular formula is C32H36FN3O4S. The molecular weight excluding hydrogens is 541 g/mol. The highest BCUT2D eigenvalue weighted by Crippen LogP contribution is 2.41. The minimum Gasteiger partial charge on any atom is -0.493 e. The third-order valence-corrected chi connectivity index (χ3v) is 8.15. The number of aromatic nitrogens is 2. The van der Waals surface area contributed by atoms with Crippen LogP contribution in [0.2, 0.25) is 0 Å². The lowest BCUT2D eigenvalue weighted by Crippen LogP contribution is -2.36. The van der Waals surface area contributed by atoms with Gasteiger partial charge in [-0.3, -0.25) is 0 Å². The SMILES string of the molecule is COc1ccc(C(C)(C)c2[nH]c(SCCOc3cccc(N4CCOCC4)c3)nc2-c2ccc(F)cc2)cc1OC. The van der Waals surface area contributed by atoms with Crippen molar-refractivity contribution in [1.82, 2.24) is 9.97 Å².